The van der Waals surface area contributed by atoms with Crippen molar-refractivity contribution in [2.24, 2.45) is 0 Å². The number of hydrogen-bond acceptors (Lipinski definition) is 5. The zero-order chi connectivity index (χ0) is 20.3. The number of aromatic amines is 1. The number of amides is 1. The number of hydrogen-bond donors (Lipinski definition) is 2. The van der Waals surface area contributed by atoms with Gasteiger partial charge >= 0.3 is 17.7 Å². The molecule has 0 spiro atoms. The number of nitrogens with zero attached hydrogens (tertiary/aromatic N) is 2. The number of H-pyrrole nitrogens is 1. The first-order chi connectivity index (χ1) is 13.4. The van der Waals surface area contributed by atoms with Crippen molar-refractivity contribution in [1.29, 1.82) is 0 Å². The first kappa shape index (κ1) is 19.1. The lowest BCUT2D eigenvalue weighted by Gasteiger charge is -2.17. The molecule has 146 valence electrons. The van der Waals surface area contributed by atoms with Gasteiger partial charge in [0.25, 0.3) is 5.56 Å². The molecule has 0 saturated carbocycles. The first-order valence-corrected chi connectivity index (χ1v) is 8.45. The SMILES string of the molecule is CCOC(=O)C(Cc1c[nH]c2ccccc12)NC(=O)n1ccc(=O)n(F)c1=O. The second-order valence-electron chi connectivity index (χ2n) is 5.91. The van der Waals surface area contributed by atoms with Crippen molar-refractivity contribution in [2.75, 3.05) is 6.61 Å². The summed E-state index contributed by atoms with van der Waals surface area (Å²) in [5.41, 5.74) is -1.07. The van der Waals surface area contributed by atoms with Crippen LogP contribution < -0.4 is 16.6 Å². The maximum Gasteiger partial charge on any atom is 0.368 e. The van der Waals surface area contributed by atoms with Crippen LogP contribution in [0.5, 0.6) is 0 Å². The summed E-state index contributed by atoms with van der Waals surface area (Å²) in [6.07, 6.45) is 2.62. The third-order valence-electron chi connectivity index (χ3n) is 4.12. The lowest BCUT2D eigenvalue weighted by Crippen LogP contribution is -2.49. The van der Waals surface area contributed by atoms with E-state index in [9.17, 15) is 23.7 Å². The maximum atomic E-state index is 13.4. The molecule has 0 bridgehead atoms. The number of nitrogens with one attached hydrogen (secondary N) is 2. The summed E-state index contributed by atoms with van der Waals surface area (Å²) in [5.74, 6) is -0.706. The van der Waals surface area contributed by atoms with E-state index in [0.717, 1.165) is 28.7 Å². The highest BCUT2D eigenvalue weighted by Crippen LogP contribution is 2.19. The highest BCUT2D eigenvalue weighted by Gasteiger charge is 2.25. The Labute approximate surface area is 157 Å². The minimum Gasteiger partial charge on any atom is -0.464 e. The van der Waals surface area contributed by atoms with Crippen molar-refractivity contribution in [3.05, 3.63) is 69.1 Å². The Bertz CT molecular complexity index is 1150. The summed E-state index contributed by atoms with van der Waals surface area (Å²) in [4.78, 5) is 50.0. The van der Waals surface area contributed by atoms with Gasteiger partial charge in [-0.05, 0) is 18.6 Å². The Hall–Kier alpha value is -3.69. The topological polar surface area (TPSA) is 115 Å². The van der Waals surface area contributed by atoms with Gasteiger partial charge in [-0.3, -0.25) is 4.79 Å². The average molecular weight is 388 g/mol. The number of esters is 1. The minimum absolute atomic E-state index is 0.0819. The molecule has 1 amide bonds. The van der Waals surface area contributed by atoms with E-state index in [-0.39, 0.29) is 13.0 Å². The number of carbonyl (C=O) groups excluding carboxylic acids is 2. The van der Waals surface area contributed by atoms with Crippen LogP contribution in [0.15, 0.2) is 52.3 Å². The number of carbonyl (C=O) groups is 2. The van der Waals surface area contributed by atoms with Crippen molar-refractivity contribution < 1.29 is 18.8 Å². The molecule has 2 aromatic heterocycles. The fourth-order valence-electron chi connectivity index (χ4n) is 2.79. The Kier molecular flexibility index (Phi) is 5.39. The number of halogens is 1. The molecule has 1 unspecified atom stereocenters. The van der Waals surface area contributed by atoms with Crippen LogP contribution in [0.4, 0.5) is 9.28 Å². The van der Waals surface area contributed by atoms with Crippen LogP contribution in [0, 0.1) is 0 Å². The van der Waals surface area contributed by atoms with E-state index < -0.39 is 34.1 Å². The van der Waals surface area contributed by atoms with Crippen LogP contribution >= 0.6 is 0 Å². The van der Waals surface area contributed by atoms with Gasteiger partial charge in [0.15, 0.2) is 0 Å². The summed E-state index contributed by atoms with van der Waals surface area (Å²) < 4.78 is 18.8. The molecule has 9 nitrogen and oxygen atoms in total. The Morgan fingerprint density at radius 3 is 2.75 bits per heavy atom. The van der Waals surface area contributed by atoms with E-state index >= 15 is 0 Å². The lowest BCUT2D eigenvalue weighted by atomic mass is 10.1. The largest absolute Gasteiger partial charge is 0.464 e. The predicted molar refractivity (Wildman–Crippen MR) is 97.8 cm³/mol. The Morgan fingerprint density at radius 1 is 1.25 bits per heavy atom. The second-order valence-corrected chi connectivity index (χ2v) is 5.91. The maximum absolute atomic E-state index is 13.4. The van der Waals surface area contributed by atoms with Crippen LogP contribution in [0.2, 0.25) is 0 Å². The lowest BCUT2D eigenvalue weighted by molar-refractivity contribution is -0.145. The number of ether oxygens (including phenoxy) is 1. The summed E-state index contributed by atoms with van der Waals surface area (Å²) in [6.45, 7) is 1.71. The molecule has 0 aliphatic rings. The third-order valence-corrected chi connectivity index (χ3v) is 4.12. The van der Waals surface area contributed by atoms with E-state index in [1.807, 2.05) is 24.3 Å². The number of aromatic nitrogens is 3. The summed E-state index contributed by atoms with van der Waals surface area (Å²) in [6, 6.07) is 5.94. The van der Waals surface area contributed by atoms with Crippen LogP contribution in [-0.4, -0.2) is 39.0 Å². The molecule has 3 rings (SSSR count). The van der Waals surface area contributed by atoms with Gasteiger partial charge < -0.3 is 15.0 Å². The molecule has 1 atom stereocenters. The standard InChI is InChI=1S/C18H17FN4O5/c1-2-28-16(25)14(9-11-10-20-13-6-4-3-5-12(11)13)21-17(26)22-8-7-15(24)23(19)18(22)27/h3-8,10,14,20H,2,9H2,1H3,(H,21,26). The van der Waals surface area contributed by atoms with Crippen molar-refractivity contribution in [2.45, 2.75) is 19.4 Å². The number of benzene rings is 1. The van der Waals surface area contributed by atoms with Crippen LogP contribution in [0.1, 0.15) is 12.5 Å². The normalized spacial score (nSPS) is 11.9. The molecular weight excluding hydrogens is 371 g/mol. The number of para-hydroxylation sites is 1. The van der Waals surface area contributed by atoms with Crippen LogP contribution in [-0.2, 0) is 16.0 Å². The highest BCUT2D eigenvalue weighted by molar-refractivity contribution is 5.87. The molecule has 0 fully saturated rings. The molecule has 0 aliphatic carbocycles. The van der Waals surface area contributed by atoms with Crippen LogP contribution in [0.25, 0.3) is 10.9 Å². The summed E-state index contributed by atoms with van der Waals surface area (Å²) >= 11 is 0. The van der Waals surface area contributed by atoms with E-state index in [1.165, 1.54) is 0 Å². The van der Waals surface area contributed by atoms with E-state index in [1.54, 1.807) is 13.1 Å². The van der Waals surface area contributed by atoms with Crippen molar-refractivity contribution >= 4 is 22.9 Å². The van der Waals surface area contributed by atoms with E-state index in [0.29, 0.717) is 4.57 Å². The third kappa shape index (κ3) is 3.70. The van der Waals surface area contributed by atoms with Crippen LogP contribution in [0.3, 0.4) is 0 Å². The van der Waals surface area contributed by atoms with Gasteiger partial charge in [0.2, 0.25) is 0 Å². The van der Waals surface area contributed by atoms with E-state index in [2.05, 4.69) is 10.3 Å². The minimum atomic E-state index is -1.47. The predicted octanol–water partition coefficient (Wildman–Crippen LogP) is 0.956. The van der Waals surface area contributed by atoms with E-state index in [4.69, 9.17) is 4.74 Å². The molecule has 3 aromatic rings. The fraction of sp³-hybridized carbons (Fsp3) is 0.222. The van der Waals surface area contributed by atoms with Gasteiger partial charge in [-0.1, -0.05) is 27.5 Å². The fourth-order valence-corrected chi connectivity index (χ4v) is 2.79. The average Bonchev–Trinajstić information content (AvgIpc) is 3.09. The first-order valence-electron chi connectivity index (χ1n) is 8.45. The Morgan fingerprint density at radius 2 is 2.00 bits per heavy atom. The molecule has 2 N–H and O–H groups in total. The van der Waals surface area contributed by atoms with Gasteiger partial charge in [0.05, 0.1) is 6.61 Å². The quantitative estimate of drug-likeness (QED) is 0.632. The second kappa shape index (κ2) is 7.91. The number of fused-ring (bicyclic) bond motifs is 1. The van der Waals surface area contributed by atoms with Gasteiger partial charge in [-0.15, -0.1) is 0 Å². The molecule has 0 aliphatic heterocycles. The molecule has 0 radical (unpaired) electrons. The molecular formula is C18H17FN4O5. The van der Waals surface area contributed by atoms with Crippen molar-refractivity contribution in [1.82, 2.24) is 19.7 Å². The highest BCUT2D eigenvalue weighted by atomic mass is 19.2. The monoisotopic (exact) mass is 388 g/mol. The molecule has 10 heteroatoms. The Balaban J connectivity index is 1.89. The van der Waals surface area contributed by atoms with Gasteiger partial charge in [0.1, 0.15) is 6.04 Å². The zero-order valence-corrected chi connectivity index (χ0v) is 14.8. The number of rotatable bonds is 5. The van der Waals surface area contributed by atoms with Gasteiger partial charge in [-0.25, -0.2) is 19.0 Å². The summed E-state index contributed by atoms with van der Waals surface area (Å²) in [5, 5.41) is 3.22. The van der Waals surface area contributed by atoms with Gasteiger partial charge in [0, 0.05) is 35.8 Å². The molecule has 28 heavy (non-hydrogen) atoms. The van der Waals surface area contributed by atoms with Crippen molar-refractivity contribution in [3.8, 4) is 0 Å². The molecule has 1 aromatic carbocycles. The molecule has 0 saturated heterocycles. The zero-order valence-electron chi connectivity index (χ0n) is 14.8. The molecule has 2 heterocycles. The van der Waals surface area contributed by atoms with Gasteiger partial charge in [-0.2, -0.15) is 0 Å². The summed E-state index contributed by atoms with van der Waals surface area (Å²) in [7, 11) is 0. The van der Waals surface area contributed by atoms with Crippen molar-refractivity contribution in [3.63, 3.8) is 0 Å². The smallest absolute Gasteiger partial charge is 0.368 e.